The number of aryl methyl sites for hydroxylation is 2. The summed E-state index contributed by atoms with van der Waals surface area (Å²) in [5, 5.41) is 0.588. The van der Waals surface area contributed by atoms with Crippen LogP contribution < -0.4 is 5.56 Å². The average molecular weight is 418 g/mol. The van der Waals surface area contributed by atoms with E-state index in [0.29, 0.717) is 23.3 Å². The number of benzene rings is 2. The van der Waals surface area contributed by atoms with Crippen LogP contribution in [0.15, 0.2) is 47.3 Å². The molecule has 5 heteroatoms. The van der Waals surface area contributed by atoms with Gasteiger partial charge in [0.25, 0.3) is 5.56 Å². The predicted octanol–water partition coefficient (Wildman–Crippen LogP) is 5.10. The third-order valence-corrected chi connectivity index (χ3v) is 6.35. The molecule has 1 aliphatic carbocycles. The molecule has 0 spiro atoms. The second-order valence-corrected chi connectivity index (χ2v) is 8.73. The summed E-state index contributed by atoms with van der Waals surface area (Å²) in [6.45, 7) is 8.92. The van der Waals surface area contributed by atoms with Crippen LogP contribution >= 0.6 is 0 Å². The van der Waals surface area contributed by atoms with Gasteiger partial charge < -0.3 is 4.90 Å². The lowest BCUT2D eigenvalue weighted by atomic mass is 10.1. The van der Waals surface area contributed by atoms with Gasteiger partial charge in [0.05, 0.1) is 22.6 Å². The number of nitrogens with zero attached hydrogens (tertiary/aromatic N) is 3. The standard InChI is InChI=1S/C26H31N3O2/c1-5-6-15-28(25(30)20-12-13-20)19(4)24-27-23-10-8-7-9-22(23)26(31)29(24)21-14-11-17(2)18(3)16-21/h7-11,14,16,19-20H,5-6,12-13,15H2,1-4H3. The van der Waals surface area contributed by atoms with Gasteiger partial charge in [-0.1, -0.05) is 31.5 Å². The van der Waals surface area contributed by atoms with Gasteiger partial charge >= 0.3 is 0 Å². The molecule has 0 radical (unpaired) electrons. The first-order valence-electron chi connectivity index (χ1n) is 11.3. The van der Waals surface area contributed by atoms with Crippen molar-refractivity contribution in [1.29, 1.82) is 0 Å². The predicted molar refractivity (Wildman–Crippen MR) is 125 cm³/mol. The second-order valence-electron chi connectivity index (χ2n) is 8.73. The van der Waals surface area contributed by atoms with E-state index in [1.54, 1.807) is 4.57 Å². The summed E-state index contributed by atoms with van der Waals surface area (Å²) >= 11 is 0. The highest BCUT2D eigenvalue weighted by molar-refractivity contribution is 5.82. The van der Waals surface area contributed by atoms with Gasteiger partial charge in [-0.2, -0.15) is 0 Å². The van der Waals surface area contributed by atoms with Crippen LogP contribution in [0.4, 0.5) is 0 Å². The zero-order valence-electron chi connectivity index (χ0n) is 18.9. The third kappa shape index (κ3) is 4.14. The van der Waals surface area contributed by atoms with Gasteiger partial charge in [0.1, 0.15) is 5.82 Å². The van der Waals surface area contributed by atoms with E-state index in [0.717, 1.165) is 36.9 Å². The molecule has 162 valence electrons. The molecule has 4 rings (SSSR count). The maximum atomic E-state index is 13.6. The van der Waals surface area contributed by atoms with Crippen LogP contribution in [-0.2, 0) is 4.79 Å². The minimum Gasteiger partial charge on any atom is -0.333 e. The third-order valence-electron chi connectivity index (χ3n) is 6.35. The molecule has 3 aromatic rings. The number of fused-ring (bicyclic) bond motifs is 1. The summed E-state index contributed by atoms with van der Waals surface area (Å²) in [7, 11) is 0. The fraction of sp³-hybridized carbons (Fsp3) is 0.423. The molecule has 1 unspecified atom stereocenters. The summed E-state index contributed by atoms with van der Waals surface area (Å²) in [6, 6.07) is 13.2. The molecule has 1 atom stereocenters. The molecule has 1 heterocycles. The summed E-state index contributed by atoms with van der Waals surface area (Å²) in [5.74, 6) is 0.939. The molecular weight excluding hydrogens is 386 g/mol. The topological polar surface area (TPSA) is 55.2 Å². The monoisotopic (exact) mass is 417 g/mol. The van der Waals surface area contributed by atoms with Crippen LogP contribution in [0.25, 0.3) is 16.6 Å². The van der Waals surface area contributed by atoms with Crippen molar-refractivity contribution in [3.63, 3.8) is 0 Å². The number of carbonyl (C=O) groups is 1. The van der Waals surface area contributed by atoms with Gasteiger partial charge in [0, 0.05) is 12.5 Å². The van der Waals surface area contributed by atoms with Crippen LogP contribution in [-0.4, -0.2) is 26.9 Å². The molecule has 1 fully saturated rings. The Morgan fingerprint density at radius 2 is 1.90 bits per heavy atom. The maximum Gasteiger partial charge on any atom is 0.266 e. The van der Waals surface area contributed by atoms with E-state index < -0.39 is 0 Å². The zero-order valence-corrected chi connectivity index (χ0v) is 18.9. The summed E-state index contributed by atoms with van der Waals surface area (Å²) < 4.78 is 1.71. The lowest BCUT2D eigenvalue weighted by molar-refractivity contribution is -0.135. The Labute approximate surface area is 183 Å². The first kappa shape index (κ1) is 21.3. The Morgan fingerprint density at radius 1 is 1.16 bits per heavy atom. The van der Waals surface area contributed by atoms with E-state index in [-0.39, 0.29) is 23.4 Å². The van der Waals surface area contributed by atoms with E-state index in [9.17, 15) is 9.59 Å². The number of amides is 1. The maximum absolute atomic E-state index is 13.6. The molecule has 2 aromatic carbocycles. The van der Waals surface area contributed by atoms with Crippen molar-refractivity contribution < 1.29 is 4.79 Å². The van der Waals surface area contributed by atoms with E-state index in [1.165, 1.54) is 5.56 Å². The van der Waals surface area contributed by atoms with Crippen molar-refractivity contribution in [2.75, 3.05) is 6.54 Å². The van der Waals surface area contributed by atoms with Crippen molar-refractivity contribution in [2.24, 2.45) is 5.92 Å². The van der Waals surface area contributed by atoms with Crippen LogP contribution in [0.2, 0.25) is 0 Å². The molecule has 1 aliphatic rings. The van der Waals surface area contributed by atoms with E-state index >= 15 is 0 Å². The van der Waals surface area contributed by atoms with Crippen LogP contribution in [0.1, 0.15) is 62.5 Å². The molecule has 0 bridgehead atoms. The largest absolute Gasteiger partial charge is 0.333 e. The normalized spacial score (nSPS) is 14.6. The summed E-state index contributed by atoms with van der Waals surface area (Å²) in [5.41, 5.74) is 3.66. The summed E-state index contributed by atoms with van der Waals surface area (Å²) in [4.78, 5) is 33.6. The molecule has 1 saturated carbocycles. The summed E-state index contributed by atoms with van der Waals surface area (Å²) in [6.07, 6.45) is 3.87. The number of para-hydroxylation sites is 1. The van der Waals surface area contributed by atoms with Gasteiger partial charge in [0.2, 0.25) is 5.91 Å². The SMILES string of the molecule is CCCCN(C(=O)C1CC1)C(C)c1nc2ccccc2c(=O)n1-c1ccc(C)c(C)c1. The van der Waals surface area contributed by atoms with Gasteiger partial charge in [0.15, 0.2) is 0 Å². The molecule has 1 aromatic heterocycles. The fourth-order valence-electron chi connectivity index (χ4n) is 4.07. The van der Waals surface area contributed by atoms with E-state index in [2.05, 4.69) is 13.8 Å². The van der Waals surface area contributed by atoms with Crippen LogP contribution in [0.5, 0.6) is 0 Å². The smallest absolute Gasteiger partial charge is 0.266 e. The fourth-order valence-corrected chi connectivity index (χ4v) is 4.07. The molecule has 5 nitrogen and oxygen atoms in total. The van der Waals surface area contributed by atoms with Gasteiger partial charge in [-0.25, -0.2) is 4.98 Å². The number of hydrogen-bond acceptors (Lipinski definition) is 3. The first-order valence-corrected chi connectivity index (χ1v) is 11.3. The lowest BCUT2D eigenvalue weighted by Crippen LogP contribution is -2.38. The number of hydrogen-bond donors (Lipinski definition) is 0. The van der Waals surface area contributed by atoms with Crippen molar-refractivity contribution >= 4 is 16.8 Å². The van der Waals surface area contributed by atoms with Gasteiger partial charge in [-0.15, -0.1) is 0 Å². The van der Waals surface area contributed by atoms with Crippen molar-refractivity contribution in [2.45, 2.75) is 59.4 Å². The highest BCUT2D eigenvalue weighted by Crippen LogP contribution is 2.34. The minimum absolute atomic E-state index is 0.0926. The Hall–Kier alpha value is -2.95. The number of carbonyl (C=O) groups excluding carboxylic acids is 1. The molecular formula is C26H31N3O2. The Kier molecular flexibility index (Phi) is 5.94. The first-order chi connectivity index (χ1) is 14.9. The zero-order chi connectivity index (χ0) is 22.1. The number of aromatic nitrogens is 2. The van der Waals surface area contributed by atoms with Crippen molar-refractivity contribution in [3.05, 3.63) is 69.8 Å². The molecule has 0 N–H and O–H groups in total. The van der Waals surface area contributed by atoms with E-state index in [1.807, 2.05) is 61.2 Å². The molecule has 0 saturated heterocycles. The quantitative estimate of drug-likeness (QED) is 0.537. The Morgan fingerprint density at radius 3 is 2.58 bits per heavy atom. The lowest BCUT2D eigenvalue weighted by Gasteiger charge is -2.31. The van der Waals surface area contributed by atoms with Crippen LogP contribution in [0, 0.1) is 19.8 Å². The van der Waals surface area contributed by atoms with Crippen molar-refractivity contribution in [1.82, 2.24) is 14.5 Å². The number of rotatable bonds is 7. The second kappa shape index (κ2) is 8.66. The Bertz CT molecular complexity index is 1180. The van der Waals surface area contributed by atoms with Crippen molar-refractivity contribution in [3.8, 4) is 5.69 Å². The Balaban J connectivity index is 1.91. The average Bonchev–Trinajstić information content (AvgIpc) is 3.61. The number of unbranched alkanes of at least 4 members (excludes halogenated alkanes) is 1. The van der Waals surface area contributed by atoms with E-state index in [4.69, 9.17) is 4.98 Å². The van der Waals surface area contributed by atoms with Gasteiger partial charge in [-0.05, 0) is 75.4 Å². The van der Waals surface area contributed by atoms with Crippen LogP contribution in [0.3, 0.4) is 0 Å². The van der Waals surface area contributed by atoms with Gasteiger partial charge in [-0.3, -0.25) is 14.2 Å². The molecule has 31 heavy (non-hydrogen) atoms. The highest BCUT2D eigenvalue weighted by Gasteiger charge is 2.36. The highest BCUT2D eigenvalue weighted by atomic mass is 16.2. The minimum atomic E-state index is -0.293. The molecule has 1 amide bonds. The molecule has 0 aliphatic heterocycles.